The molecule has 0 saturated carbocycles. The molecule has 0 fully saturated rings. The number of benzene rings is 2. The molecule has 1 aliphatic rings. The van der Waals surface area contributed by atoms with E-state index in [4.69, 9.17) is 0 Å². The normalized spacial score (nSPS) is 17.3. The third-order valence-corrected chi connectivity index (χ3v) is 12.9. The number of aromatic hydroxyl groups is 2. The van der Waals surface area contributed by atoms with Crippen molar-refractivity contribution in [3.63, 3.8) is 0 Å². The number of aliphatic hydroxyl groups is 1. The van der Waals surface area contributed by atoms with E-state index in [-0.39, 0.29) is 53.4 Å². The van der Waals surface area contributed by atoms with E-state index in [2.05, 4.69) is 17.6 Å². The number of likely N-dealkylation sites (N-methyl/N-ethyl adjacent to an activating group) is 2. The van der Waals surface area contributed by atoms with Crippen molar-refractivity contribution in [1.82, 2.24) is 25.2 Å². The van der Waals surface area contributed by atoms with Crippen LogP contribution in [0.5, 0.6) is 11.5 Å². The maximum Gasteiger partial charge on any atom is 0.256 e. The average Bonchev–Trinajstić information content (AvgIpc) is 3.27. The number of phenols is 2. The van der Waals surface area contributed by atoms with Gasteiger partial charge in [0, 0.05) is 63.2 Å². The molecular weight excluding hydrogens is 883 g/mol. The van der Waals surface area contributed by atoms with Gasteiger partial charge in [0.1, 0.15) is 29.6 Å². The second kappa shape index (κ2) is 27.5. The molecule has 5 atom stereocenters. The van der Waals surface area contributed by atoms with Crippen LogP contribution in [-0.2, 0) is 50.0 Å². The van der Waals surface area contributed by atoms with Crippen LogP contribution in [0.1, 0.15) is 147 Å². The summed E-state index contributed by atoms with van der Waals surface area (Å²) in [5.74, 6) is -6.34. The highest BCUT2D eigenvalue weighted by atomic mass is 32.2. The van der Waals surface area contributed by atoms with Crippen LogP contribution in [0.3, 0.4) is 0 Å². The summed E-state index contributed by atoms with van der Waals surface area (Å²) in [4.78, 5) is 96.2. The van der Waals surface area contributed by atoms with E-state index in [1.807, 2.05) is 4.72 Å². The summed E-state index contributed by atoms with van der Waals surface area (Å²) in [6.45, 7) is 4.39. The molecule has 3 rings (SSSR count). The molecule has 1 aliphatic heterocycles. The lowest BCUT2D eigenvalue weighted by molar-refractivity contribution is -0.142. The van der Waals surface area contributed by atoms with E-state index in [9.17, 15) is 57.3 Å². The van der Waals surface area contributed by atoms with Crippen LogP contribution in [0.25, 0.3) is 11.1 Å². The van der Waals surface area contributed by atoms with Crippen LogP contribution < -0.4 is 15.4 Å². The van der Waals surface area contributed by atoms with E-state index in [1.165, 1.54) is 127 Å². The molecule has 0 aromatic heterocycles. The Morgan fingerprint density at radius 2 is 1.33 bits per heavy atom. The number of sulfonamides is 1. The lowest BCUT2D eigenvalue weighted by Gasteiger charge is -2.30. The van der Waals surface area contributed by atoms with Gasteiger partial charge in [-0.3, -0.25) is 38.3 Å². The molecule has 0 saturated heterocycles. The fraction of sp³-hybridized carbons (Fsp3) is 0.612. The SMILES string of the molecule is CCCCCCCCCCCCCCCC(=O)N(C)[C@H](CO)C(=O)N[C@H](C)C(=O)CCC(=O)N(C)[C@@H]1C(=O)C[C@@H](C)C(=O)N[C@H](C(=O)NS(C)(=O)=O)Cc2ccc(O)c(c2)-c2cc1ccc2O. The van der Waals surface area contributed by atoms with Gasteiger partial charge in [0.2, 0.25) is 33.7 Å². The minimum atomic E-state index is -4.03. The summed E-state index contributed by atoms with van der Waals surface area (Å²) in [5, 5.41) is 37.0. The first-order valence-corrected chi connectivity index (χ1v) is 25.5. The number of nitrogens with zero attached hydrogens (tertiary/aromatic N) is 2. The first kappa shape index (κ1) is 56.0. The molecule has 0 unspecified atom stereocenters. The molecule has 18 heteroatoms. The smallest absolute Gasteiger partial charge is 0.256 e. The average molecular weight is 956 g/mol. The van der Waals surface area contributed by atoms with Crippen LogP contribution in [0.2, 0.25) is 0 Å². The molecular formula is C49H73N5O12S. The van der Waals surface area contributed by atoms with Crippen molar-refractivity contribution < 1.29 is 57.3 Å². The Hall–Kier alpha value is -5.36. The topological polar surface area (TPSA) is 257 Å². The Bertz CT molecular complexity index is 2150. The molecule has 0 aliphatic carbocycles. The van der Waals surface area contributed by atoms with E-state index in [0.29, 0.717) is 12.0 Å². The molecule has 5 amide bonds. The predicted octanol–water partition coefficient (Wildman–Crippen LogP) is 5.13. The number of carbonyl (C=O) groups excluding carboxylic acids is 7. The minimum absolute atomic E-state index is 0.0645. The van der Waals surface area contributed by atoms with Crippen molar-refractivity contribution in [2.75, 3.05) is 27.0 Å². The summed E-state index contributed by atoms with van der Waals surface area (Å²) in [6, 6.07) is 3.14. The van der Waals surface area contributed by atoms with Gasteiger partial charge in [-0.05, 0) is 48.7 Å². The number of rotatable bonds is 25. The Balaban J connectivity index is 1.65. The fourth-order valence-electron chi connectivity index (χ4n) is 8.19. The van der Waals surface area contributed by atoms with Gasteiger partial charge in [0.25, 0.3) is 5.91 Å². The van der Waals surface area contributed by atoms with Crippen LogP contribution in [-0.4, -0.2) is 120 Å². The van der Waals surface area contributed by atoms with Crippen molar-refractivity contribution >= 4 is 51.1 Å². The van der Waals surface area contributed by atoms with Crippen molar-refractivity contribution in [1.29, 1.82) is 0 Å². The van der Waals surface area contributed by atoms with Crippen LogP contribution in [0.4, 0.5) is 0 Å². The zero-order valence-electron chi connectivity index (χ0n) is 40.1. The zero-order chi connectivity index (χ0) is 49.8. The molecule has 2 aromatic rings. The summed E-state index contributed by atoms with van der Waals surface area (Å²) in [7, 11) is -1.27. The Morgan fingerprint density at radius 3 is 1.90 bits per heavy atom. The Labute approximate surface area is 395 Å². The van der Waals surface area contributed by atoms with Gasteiger partial charge in [-0.2, -0.15) is 0 Å². The second-order valence-corrected chi connectivity index (χ2v) is 19.8. The number of fused-ring (bicyclic) bond motifs is 5. The Morgan fingerprint density at radius 1 is 0.776 bits per heavy atom. The lowest BCUT2D eigenvalue weighted by Crippen LogP contribution is -2.53. The third-order valence-electron chi connectivity index (χ3n) is 12.3. The van der Waals surface area contributed by atoms with Crippen LogP contribution >= 0.6 is 0 Å². The summed E-state index contributed by atoms with van der Waals surface area (Å²) in [5.41, 5.74) is 0.725. The van der Waals surface area contributed by atoms with Crippen molar-refractivity contribution in [2.24, 2.45) is 5.92 Å². The van der Waals surface area contributed by atoms with E-state index in [0.717, 1.165) is 30.4 Å². The quantitative estimate of drug-likeness (QED) is 0.0709. The molecule has 372 valence electrons. The molecule has 17 nitrogen and oxygen atoms in total. The van der Waals surface area contributed by atoms with Gasteiger partial charge >= 0.3 is 0 Å². The second-order valence-electron chi connectivity index (χ2n) is 18.0. The van der Waals surface area contributed by atoms with E-state index in [1.54, 1.807) is 0 Å². The number of phenolic OH excluding ortho intramolecular Hbond substituents is 2. The molecule has 4 bridgehead atoms. The number of hydrogen-bond donors (Lipinski definition) is 6. The minimum Gasteiger partial charge on any atom is -0.507 e. The molecule has 6 N–H and O–H groups in total. The largest absolute Gasteiger partial charge is 0.507 e. The maximum absolute atomic E-state index is 14.1. The summed E-state index contributed by atoms with van der Waals surface area (Å²) in [6.07, 6.45) is 14.6. The van der Waals surface area contributed by atoms with Crippen molar-refractivity contribution in [2.45, 2.75) is 161 Å². The monoisotopic (exact) mass is 955 g/mol. The van der Waals surface area contributed by atoms with Gasteiger partial charge in [0.05, 0.1) is 18.9 Å². The first-order valence-electron chi connectivity index (χ1n) is 23.6. The number of hydrogen-bond acceptors (Lipinski definition) is 12. The molecule has 0 spiro atoms. The third kappa shape index (κ3) is 18.0. The number of ketones is 2. The lowest BCUT2D eigenvalue weighted by atomic mass is 9.89. The number of amides is 5. The number of Topliss-reactive ketones (excluding diaryl/α,β-unsaturated/α-hetero) is 2. The fourth-order valence-corrected chi connectivity index (χ4v) is 8.70. The standard InChI is InChI=1S/C49H73N5O12S/c1-7-8-9-10-11-12-13-14-15-16-17-18-19-20-44(60)53(4)39(31-55)49(64)50-33(3)40(56)25-26-45(61)54(5)46-35-22-24-42(58)37(30-35)36-28-34(21-23-41(36)57)29-38(48(63)52-67(6,65)66)51-47(62)32(2)27-43(46)59/h21-24,28,30,32-33,38-39,46,55,57-58H,7-20,25-27,29,31H2,1-6H3,(H,50,64)(H,51,62)(H,52,63)/t32-,33-,38+,39-,46+/m1/s1. The van der Waals surface area contributed by atoms with Gasteiger partial charge in [-0.1, -0.05) is 103 Å². The molecule has 2 aromatic carbocycles. The highest BCUT2D eigenvalue weighted by molar-refractivity contribution is 7.89. The van der Waals surface area contributed by atoms with Gasteiger partial charge in [-0.25, -0.2) is 8.42 Å². The summed E-state index contributed by atoms with van der Waals surface area (Å²) < 4.78 is 25.7. The number of aliphatic hydroxyl groups excluding tert-OH is 1. The van der Waals surface area contributed by atoms with Gasteiger partial charge in [-0.15, -0.1) is 0 Å². The van der Waals surface area contributed by atoms with Crippen LogP contribution in [0.15, 0.2) is 36.4 Å². The number of nitrogens with one attached hydrogen (secondary N) is 3. The Kier molecular flexibility index (Phi) is 22.9. The van der Waals surface area contributed by atoms with Crippen LogP contribution in [0, 0.1) is 5.92 Å². The van der Waals surface area contributed by atoms with Gasteiger partial charge < -0.3 is 35.8 Å². The maximum atomic E-state index is 14.1. The molecule has 0 radical (unpaired) electrons. The number of carbonyl (C=O) groups is 7. The predicted molar refractivity (Wildman–Crippen MR) is 254 cm³/mol. The zero-order valence-corrected chi connectivity index (χ0v) is 40.9. The van der Waals surface area contributed by atoms with Crippen molar-refractivity contribution in [3.8, 4) is 22.6 Å². The van der Waals surface area contributed by atoms with E-state index < -0.39 is 94.8 Å². The number of unbranched alkanes of at least 4 members (excludes halogenated alkanes) is 12. The highest BCUT2D eigenvalue weighted by Gasteiger charge is 2.34. The first-order chi connectivity index (χ1) is 31.7. The summed E-state index contributed by atoms with van der Waals surface area (Å²) >= 11 is 0. The molecule has 67 heavy (non-hydrogen) atoms. The molecule has 1 heterocycles. The van der Waals surface area contributed by atoms with Gasteiger partial charge in [0.15, 0.2) is 11.6 Å². The highest BCUT2D eigenvalue weighted by Crippen LogP contribution is 2.39. The van der Waals surface area contributed by atoms with E-state index >= 15 is 0 Å². The van der Waals surface area contributed by atoms with Crippen molar-refractivity contribution in [3.05, 3.63) is 47.5 Å².